The van der Waals surface area contributed by atoms with Crippen LogP contribution in [0.5, 0.6) is 0 Å². The molecule has 24 heavy (non-hydrogen) atoms. The molecule has 1 aromatic heterocycles. The zero-order chi connectivity index (χ0) is 17.5. The lowest BCUT2D eigenvalue weighted by Gasteiger charge is -2.08. The second-order valence-corrected chi connectivity index (χ2v) is 5.20. The average molecular weight is 325 g/mol. The Hall–Kier alpha value is -2.67. The highest BCUT2D eigenvalue weighted by Gasteiger charge is 2.12. The van der Waals surface area contributed by atoms with Crippen molar-refractivity contribution in [1.82, 2.24) is 9.97 Å². The van der Waals surface area contributed by atoms with Gasteiger partial charge in [-0.1, -0.05) is 24.3 Å². The van der Waals surface area contributed by atoms with Crippen LogP contribution in [0.15, 0.2) is 53.8 Å². The van der Waals surface area contributed by atoms with Crippen molar-refractivity contribution in [1.29, 1.82) is 0 Å². The Morgan fingerprint density at radius 1 is 1.33 bits per heavy atom. The molecule has 0 aliphatic carbocycles. The molecule has 0 bridgehead atoms. The van der Waals surface area contributed by atoms with Crippen molar-refractivity contribution in [2.75, 3.05) is 0 Å². The van der Waals surface area contributed by atoms with Crippen LogP contribution in [0, 0.1) is 6.92 Å². The van der Waals surface area contributed by atoms with E-state index in [4.69, 9.17) is 0 Å². The number of rotatable bonds is 6. The van der Waals surface area contributed by atoms with Gasteiger partial charge in [0.05, 0.1) is 5.69 Å². The van der Waals surface area contributed by atoms with Crippen LogP contribution in [-0.4, -0.2) is 26.9 Å². The van der Waals surface area contributed by atoms with Gasteiger partial charge >= 0.3 is 5.95 Å². The molecule has 1 heterocycles. The van der Waals surface area contributed by atoms with Crippen LogP contribution in [0.1, 0.15) is 30.0 Å². The number of nitrogens with zero attached hydrogens (tertiary/aromatic N) is 3. The van der Waals surface area contributed by atoms with E-state index in [9.17, 15) is 10.2 Å². The molecule has 0 saturated heterocycles. The highest BCUT2D eigenvalue weighted by atomic mass is 16.5. The van der Waals surface area contributed by atoms with Gasteiger partial charge in [0.2, 0.25) is 0 Å². The molecule has 124 valence electrons. The summed E-state index contributed by atoms with van der Waals surface area (Å²) < 4.78 is 0. The van der Waals surface area contributed by atoms with E-state index in [1.807, 2.05) is 32.1 Å². The second kappa shape index (κ2) is 8.26. The minimum absolute atomic E-state index is 0.424. The van der Waals surface area contributed by atoms with Crippen LogP contribution in [0.2, 0.25) is 0 Å². The summed E-state index contributed by atoms with van der Waals surface area (Å²) >= 11 is 0. The van der Waals surface area contributed by atoms with Gasteiger partial charge in [0.15, 0.2) is 6.29 Å². The van der Waals surface area contributed by atoms with Gasteiger partial charge in [0.25, 0.3) is 0 Å². The molecule has 2 rings (SSSR count). The monoisotopic (exact) mass is 325 g/mol. The smallest absolute Gasteiger partial charge is 0.331 e. The third kappa shape index (κ3) is 4.42. The molecule has 6 nitrogen and oxygen atoms in total. The maximum Gasteiger partial charge on any atom is 0.331 e. The number of aromatic nitrogens is 2. The molecule has 0 aliphatic rings. The molecule has 0 radical (unpaired) electrons. The quantitative estimate of drug-likeness (QED) is 0.327. The number of aliphatic imine (C=N–C) groups is 1. The number of quaternary nitrogens is 1. The molecule has 0 fully saturated rings. The van der Waals surface area contributed by atoms with E-state index < -0.39 is 6.29 Å². The largest absolute Gasteiger partial charge is 0.364 e. The first-order chi connectivity index (χ1) is 11.5. The van der Waals surface area contributed by atoms with Crippen molar-refractivity contribution in [3.8, 4) is 0 Å². The molecule has 0 aliphatic heterocycles. The van der Waals surface area contributed by atoms with Crippen molar-refractivity contribution in [2.45, 2.75) is 20.1 Å². The highest BCUT2D eigenvalue weighted by molar-refractivity contribution is 5.71. The van der Waals surface area contributed by atoms with E-state index in [2.05, 4.69) is 21.7 Å². The molecule has 4 N–H and O–H groups in total. The van der Waals surface area contributed by atoms with Gasteiger partial charge in [-0.15, -0.1) is 0 Å². The first kappa shape index (κ1) is 17.7. The number of hydrogen-bond acceptors (Lipinski definition) is 5. The molecule has 1 aromatic carbocycles. The summed E-state index contributed by atoms with van der Waals surface area (Å²) in [4.78, 5) is 12.6. The lowest BCUT2D eigenvalue weighted by molar-refractivity contribution is -0.488. The van der Waals surface area contributed by atoms with E-state index in [-0.39, 0.29) is 0 Å². The minimum Gasteiger partial charge on any atom is -0.364 e. The third-order valence-corrected chi connectivity index (χ3v) is 3.43. The number of allylic oxidation sites excluding steroid dienone is 3. The van der Waals surface area contributed by atoms with Crippen molar-refractivity contribution in [2.24, 2.45) is 4.99 Å². The molecular formula is C18H21N4O2+. The van der Waals surface area contributed by atoms with Gasteiger partial charge in [-0.25, -0.2) is 5.32 Å². The zero-order valence-electron chi connectivity index (χ0n) is 13.7. The maximum absolute atomic E-state index is 9.32. The SMILES string of the molecule is C=N/C=C(\C=C/C)c1ccnc([NH2+]c2cc(C(O)O)ccc2C)n1. The summed E-state index contributed by atoms with van der Waals surface area (Å²) in [7, 11) is 0. The predicted octanol–water partition coefficient (Wildman–Crippen LogP) is 1.91. The number of aliphatic hydroxyl groups is 2. The van der Waals surface area contributed by atoms with Crippen LogP contribution in [-0.2, 0) is 0 Å². The summed E-state index contributed by atoms with van der Waals surface area (Å²) in [5.41, 5.74) is 3.81. The summed E-state index contributed by atoms with van der Waals surface area (Å²) in [6.45, 7) is 7.33. The van der Waals surface area contributed by atoms with Gasteiger partial charge in [-0.2, -0.15) is 9.97 Å². The molecule has 6 heteroatoms. The molecule has 0 spiro atoms. The van der Waals surface area contributed by atoms with Crippen molar-refractivity contribution in [3.63, 3.8) is 0 Å². The van der Waals surface area contributed by atoms with Crippen LogP contribution >= 0.6 is 0 Å². The first-order valence-corrected chi connectivity index (χ1v) is 7.48. The predicted molar refractivity (Wildman–Crippen MR) is 94.0 cm³/mol. The summed E-state index contributed by atoms with van der Waals surface area (Å²) in [5, 5.41) is 20.4. The maximum atomic E-state index is 9.32. The molecular weight excluding hydrogens is 304 g/mol. The standard InChI is InChI=1S/C18H20N4O2/c1-4-5-14(11-19-3)15-8-9-20-18(21-15)22-16-10-13(17(23)24)7-6-12(16)2/h4-11,17,23-24H,3H2,1-2H3,(H,20,21,22)/p+1/b5-4-,14-11+. The minimum atomic E-state index is -1.51. The van der Waals surface area contributed by atoms with Crippen molar-refractivity contribution >= 4 is 23.9 Å². The fourth-order valence-electron chi connectivity index (χ4n) is 2.19. The normalized spacial score (nSPS) is 12.1. The van der Waals surface area contributed by atoms with Gasteiger partial charge < -0.3 is 10.2 Å². The second-order valence-electron chi connectivity index (χ2n) is 5.20. The summed E-state index contributed by atoms with van der Waals surface area (Å²) in [5.74, 6) is 0.527. The molecule has 0 atom stereocenters. The van der Waals surface area contributed by atoms with Crippen molar-refractivity contribution < 1.29 is 15.5 Å². The van der Waals surface area contributed by atoms with Gasteiger partial charge in [0, 0.05) is 35.2 Å². The summed E-state index contributed by atoms with van der Waals surface area (Å²) in [6.07, 6.45) is 5.61. The number of benzene rings is 1. The van der Waals surface area contributed by atoms with Gasteiger partial charge in [0.1, 0.15) is 5.69 Å². The lowest BCUT2D eigenvalue weighted by Crippen LogP contribution is -2.72. The summed E-state index contributed by atoms with van der Waals surface area (Å²) in [6, 6.07) is 7.02. The van der Waals surface area contributed by atoms with E-state index in [1.165, 1.54) is 0 Å². The van der Waals surface area contributed by atoms with Crippen LogP contribution in [0.4, 0.5) is 11.6 Å². The topological polar surface area (TPSA) is 95.2 Å². The van der Waals surface area contributed by atoms with Crippen LogP contribution in [0.3, 0.4) is 0 Å². The molecule has 0 unspecified atom stereocenters. The van der Waals surface area contributed by atoms with E-state index in [1.54, 1.807) is 35.9 Å². The number of nitrogens with two attached hydrogens (primary N) is 1. The lowest BCUT2D eigenvalue weighted by atomic mass is 10.1. The first-order valence-electron chi connectivity index (χ1n) is 7.48. The fraction of sp³-hybridized carbons (Fsp3) is 0.167. The number of aryl methyl sites for hydroxylation is 1. The van der Waals surface area contributed by atoms with Gasteiger partial charge in [-0.05, 0) is 26.6 Å². The Balaban J connectivity index is 2.35. The van der Waals surface area contributed by atoms with E-state index in [0.29, 0.717) is 11.5 Å². The van der Waals surface area contributed by atoms with E-state index in [0.717, 1.165) is 22.5 Å². The van der Waals surface area contributed by atoms with Crippen LogP contribution in [0.25, 0.3) is 5.57 Å². The third-order valence-electron chi connectivity index (χ3n) is 3.43. The van der Waals surface area contributed by atoms with Gasteiger partial charge in [-0.3, -0.25) is 4.99 Å². The molecule has 0 saturated carbocycles. The molecule has 0 amide bonds. The van der Waals surface area contributed by atoms with Crippen LogP contribution < -0.4 is 5.32 Å². The average Bonchev–Trinajstić information content (AvgIpc) is 2.57. The number of hydrogen-bond donors (Lipinski definition) is 3. The molecule has 2 aromatic rings. The number of aliphatic hydroxyl groups excluding tert-OH is 1. The Kier molecular flexibility index (Phi) is 6.08. The highest BCUT2D eigenvalue weighted by Crippen LogP contribution is 2.18. The van der Waals surface area contributed by atoms with E-state index >= 15 is 0 Å². The zero-order valence-corrected chi connectivity index (χ0v) is 13.7. The van der Waals surface area contributed by atoms with Crippen molar-refractivity contribution in [3.05, 3.63) is 65.6 Å². The Bertz CT molecular complexity index is 782. The fourth-order valence-corrected chi connectivity index (χ4v) is 2.19. The Morgan fingerprint density at radius 2 is 2.12 bits per heavy atom. The Morgan fingerprint density at radius 3 is 2.79 bits per heavy atom. The Labute approximate surface area is 141 Å².